The lowest BCUT2D eigenvalue weighted by Gasteiger charge is -2.47. The van der Waals surface area contributed by atoms with Crippen LogP contribution in [0, 0.1) is 13.8 Å². The second kappa shape index (κ2) is 9.38. The molecule has 1 unspecified atom stereocenters. The van der Waals surface area contributed by atoms with Crippen molar-refractivity contribution in [1.82, 2.24) is 29.5 Å². The molecule has 37 heavy (non-hydrogen) atoms. The summed E-state index contributed by atoms with van der Waals surface area (Å²) in [6, 6.07) is 11.1. The second-order valence-electron chi connectivity index (χ2n) is 10.0. The molecule has 11 heteroatoms. The molecule has 3 atom stereocenters. The second-order valence-corrected chi connectivity index (χ2v) is 11.9. The van der Waals surface area contributed by atoms with Gasteiger partial charge in [0.05, 0.1) is 5.52 Å². The van der Waals surface area contributed by atoms with E-state index in [9.17, 15) is 8.42 Å². The maximum Gasteiger partial charge on any atom is 0.245 e. The van der Waals surface area contributed by atoms with Crippen molar-refractivity contribution in [3.8, 4) is 0 Å². The number of aromatic nitrogens is 5. The van der Waals surface area contributed by atoms with E-state index in [-0.39, 0.29) is 23.0 Å². The molecule has 2 fully saturated rings. The van der Waals surface area contributed by atoms with E-state index in [0.29, 0.717) is 24.5 Å². The number of nitrogens with zero attached hydrogens (tertiary/aromatic N) is 5. The Morgan fingerprint density at radius 2 is 1.84 bits per heavy atom. The number of pyridine rings is 3. The first-order valence-electron chi connectivity index (χ1n) is 12.6. The summed E-state index contributed by atoms with van der Waals surface area (Å²) in [5, 5.41) is 15.0. The SMILES string of the molecule is Cc1ccc(S(=O)(=O)N2[C@@H]3CCC[C@H]2CC(Nc2nc(Nc4cc(C)[nH]n4)cc4ncccc24)C3)cn1. The van der Waals surface area contributed by atoms with Crippen LogP contribution in [-0.4, -0.2) is 56.0 Å². The molecule has 0 aliphatic carbocycles. The first-order valence-corrected chi connectivity index (χ1v) is 14.1. The van der Waals surface area contributed by atoms with E-state index in [4.69, 9.17) is 4.98 Å². The molecule has 0 aromatic carbocycles. The van der Waals surface area contributed by atoms with Gasteiger partial charge < -0.3 is 10.6 Å². The first-order chi connectivity index (χ1) is 17.9. The Bertz CT molecular complexity index is 1520. The van der Waals surface area contributed by atoms with E-state index in [2.05, 4.69) is 30.8 Å². The fraction of sp³-hybridized carbons (Fsp3) is 0.385. The highest BCUT2D eigenvalue weighted by molar-refractivity contribution is 7.89. The van der Waals surface area contributed by atoms with Crippen molar-refractivity contribution >= 4 is 38.4 Å². The summed E-state index contributed by atoms with van der Waals surface area (Å²) >= 11 is 0. The third kappa shape index (κ3) is 4.64. The van der Waals surface area contributed by atoms with Crippen LogP contribution in [-0.2, 0) is 10.0 Å². The molecule has 6 heterocycles. The van der Waals surface area contributed by atoms with E-state index in [1.807, 2.05) is 38.1 Å². The zero-order valence-corrected chi connectivity index (χ0v) is 21.7. The number of piperidine rings is 2. The minimum absolute atomic E-state index is 0.0611. The molecular formula is C26H30N8O2S. The molecule has 192 valence electrons. The van der Waals surface area contributed by atoms with Crippen LogP contribution in [0.15, 0.2) is 53.7 Å². The first kappa shape index (κ1) is 23.8. The molecule has 4 aromatic rings. The largest absolute Gasteiger partial charge is 0.367 e. The molecule has 4 aromatic heterocycles. The molecule has 0 radical (unpaired) electrons. The van der Waals surface area contributed by atoms with Crippen LogP contribution in [0.4, 0.5) is 17.5 Å². The lowest BCUT2D eigenvalue weighted by atomic mass is 9.84. The normalized spacial score (nSPS) is 22.2. The van der Waals surface area contributed by atoms with Crippen LogP contribution in [0.25, 0.3) is 10.9 Å². The Hall–Kier alpha value is -3.57. The lowest BCUT2D eigenvalue weighted by Crippen LogP contribution is -2.56. The summed E-state index contributed by atoms with van der Waals surface area (Å²) < 4.78 is 29.0. The molecule has 0 amide bonds. The highest BCUT2D eigenvalue weighted by Gasteiger charge is 2.45. The number of nitrogens with one attached hydrogen (secondary N) is 3. The fourth-order valence-corrected chi connectivity index (χ4v) is 7.47. The molecule has 2 aliphatic heterocycles. The van der Waals surface area contributed by atoms with Crippen molar-refractivity contribution < 1.29 is 8.42 Å². The van der Waals surface area contributed by atoms with Gasteiger partial charge >= 0.3 is 0 Å². The third-order valence-electron chi connectivity index (χ3n) is 7.27. The summed E-state index contributed by atoms with van der Waals surface area (Å²) in [5.74, 6) is 2.07. The van der Waals surface area contributed by atoms with Crippen LogP contribution < -0.4 is 10.6 Å². The maximum absolute atomic E-state index is 13.6. The Morgan fingerprint density at radius 1 is 1.03 bits per heavy atom. The van der Waals surface area contributed by atoms with Gasteiger partial charge in [-0.1, -0.05) is 6.42 Å². The number of aromatic amines is 1. The van der Waals surface area contributed by atoms with Gasteiger partial charge in [-0.15, -0.1) is 0 Å². The number of hydrogen-bond donors (Lipinski definition) is 3. The van der Waals surface area contributed by atoms with Gasteiger partial charge in [0.25, 0.3) is 0 Å². The number of hydrogen-bond acceptors (Lipinski definition) is 8. The Morgan fingerprint density at radius 3 is 2.54 bits per heavy atom. The van der Waals surface area contributed by atoms with Crippen LogP contribution in [0.2, 0.25) is 0 Å². The molecule has 2 bridgehead atoms. The van der Waals surface area contributed by atoms with Crippen LogP contribution in [0.5, 0.6) is 0 Å². The molecule has 10 nitrogen and oxygen atoms in total. The average molecular weight is 519 g/mol. The summed E-state index contributed by atoms with van der Waals surface area (Å²) in [7, 11) is -3.61. The number of rotatable bonds is 6. The highest BCUT2D eigenvalue weighted by atomic mass is 32.2. The summed E-state index contributed by atoms with van der Waals surface area (Å²) in [6.45, 7) is 3.80. The van der Waals surface area contributed by atoms with Gasteiger partial charge in [-0.25, -0.2) is 13.4 Å². The lowest BCUT2D eigenvalue weighted by molar-refractivity contribution is 0.116. The Kier molecular flexibility index (Phi) is 6.04. The average Bonchev–Trinajstić information content (AvgIpc) is 3.28. The van der Waals surface area contributed by atoms with E-state index in [1.165, 1.54) is 6.20 Å². The molecule has 2 saturated heterocycles. The third-order valence-corrected chi connectivity index (χ3v) is 9.26. The predicted octanol–water partition coefficient (Wildman–Crippen LogP) is 4.29. The van der Waals surface area contributed by atoms with Gasteiger partial charge in [0, 0.05) is 59.4 Å². The summed E-state index contributed by atoms with van der Waals surface area (Å²) in [6.07, 6.45) is 7.42. The van der Waals surface area contributed by atoms with Gasteiger partial charge in [0.1, 0.15) is 16.5 Å². The molecule has 0 saturated carbocycles. The van der Waals surface area contributed by atoms with Crippen molar-refractivity contribution in [3.05, 3.63) is 60.2 Å². The summed E-state index contributed by atoms with van der Waals surface area (Å²) in [5.41, 5.74) is 2.58. The zero-order valence-electron chi connectivity index (χ0n) is 20.8. The topological polar surface area (TPSA) is 129 Å². The van der Waals surface area contributed by atoms with Crippen LogP contribution in [0.3, 0.4) is 0 Å². The summed E-state index contributed by atoms with van der Waals surface area (Å²) in [4.78, 5) is 13.9. The van der Waals surface area contributed by atoms with Crippen LogP contribution in [0.1, 0.15) is 43.5 Å². The quantitative estimate of drug-likeness (QED) is 0.345. The molecule has 2 aliphatic rings. The van der Waals surface area contributed by atoms with Gasteiger partial charge in [0.15, 0.2) is 5.82 Å². The van der Waals surface area contributed by atoms with E-state index >= 15 is 0 Å². The van der Waals surface area contributed by atoms with Crippen LogP contribution >= 0.6 is 0 Å². The Labute approximate surface area is 216 Å². The minimum Gasteiger partial charge on any atom is -0.367 e. The smallest absolute Gasteiger partial charge is 0.245 e. The fourth-order valence-electron chi connectivity index (χ4n) is 5.63. The zero-order chi connectivity index (χ0) is 25.6. The number of aryl methyl sites for hydroxylation is 2. The highest BCUT2D eigenvalue weighted by Crippen LogP contribution is 2.39. The Balaban J connectivity index is 1.27. The number of fused-ring (bicyclic) bond motifs is 3. The molecular weight excluding hydrogens is 488 g/mol. The number of anilines is 3. The van der Waals surface area contributed by atoms with E-state index < -0.39 is 10.0 Å². The van der Waals surface area contributed by atoms with Gasteiger partial charge in [0.2, 0.25) is 10.0 Å². The number of H-pyrrole nitrogens is 1. The maximum atomic E-state index is 13.6. The van der Waals surface area contributed by atoms with E-state index in [0.717, 1.165) is 47.4 Å². The van der Waals surface area contributed by atoms with Gasteiger partial charge in [-0.2, -0.15) is 9.40 Å². The standard InChI is InChI=1S/C26H30N8O2S/c1-16-8-9-21(15-28-16)37(35,36)34-19-5-3-6-20(34)13-18(12-19)29-26-22-7-4-10-27-23(22)14-24(31-26)30-25-11-17(2)32-33-25/h4,7-11,14-15,18-20H,3,5-6,12-13H2,1-2H3,(H3,29,30,31,32,33)/t18?,19-,20+. The van der Waals surface area contributed by atoms with Crippen molar-refractivity contribution in [1.29, 1.82) is 0 Å². The minimum atomic E-state index is -3.61. The monoisotopic (exact) mass is 518 g/mol. The molecule has 6 rings (SSSR count). The molecule has 0 spiro atoms. The molecule has 3 N–H and O–H groups in total. The van der Waals surface area contributed by atoms with Gasteiger partial charge in [-0.3, -0.25) is 15.1 Å². The van der Waals surface area contributed by atoms with Crippen molar-refractivity contribution in [2.75, 3.05) is 10.6 Å². The number of sulfonamides is 1. The van der Waals surface area contributed by atoms with E-state index in [1.54, 1.807) is 22.6 Å². The van der Waals surface area contributed by atoms with Gasteiger partial charge in [-0.05, 0) is 63.8 Å². The van der Waals surface area contributed by atoms with Crippen molar-refractivity contribution in [2.45, 2.75) is 69.0 Å². The van der Waals surface area contributed by atoms with Crippen molar-refractivity contribution in [3.63, 3.8) is 0 Å². The van der Waals surface area contributed by atoms with Crippen molar-refractivity contribution in [2.24, 2.45) is 0 Å². The predicted molar refractivity (Wildman–Crippen MR) is 142 cm³/mol.